The van der Waals surface area contributed by atoms with Crippen molar-refractivity contribution in [1.29, 1.82) is 0 Å². The minimum atomic E-state index is 0.302. The number of rotatable bonds is 6. The lowest BCUT2D eigenvalue weighted by atomic mass is 9.81. The van der Waals surface area contributed by atoms with Crippen molar-refractivity contribution in [2.75, 3.05) is 13.1 Å². The SMILES string of the molecule is CCC(CC)N1CC(C)(CC)NCC1(CC)CC. The van der Waals surface area contributed by atoms with Gasteiger partial charge in [-0.05, 0) is 39.0 Å². The molecule has 18 heavy (non-hydrogen) atoms. The highest BCUT2D eigenvalue weighted by Gasteiger charge is 2.44. The summed E-state index contributed by atoms with van der Waals surface area (Å²) < 4.78 is 0. The first kappa shape index (κ1) is 16.0. The average molecular weight is 254 g/mol. The molecule has 0 saturated carbocycles. The fourth-order valence-electron chi connectivity index (χ4n) is 3.47. The molecule has 1 fully saturated rings. The first-order chi connectivity index (χ1) is 8.50. The highest BCUT2D eigenvalue weighted by molar-refractivity contribution is 5.04. The van der Waals surface area contributed by atoms with Gasteiger partial charge in [0.15, 0.2) is 0 Å². The Hall–Kier alpha value is -0.0800. The van der Waals surface area contributed by atoms with Gasteiger partial charge in [-0.1, -0.05) is 34.6 Å². The Labute approximate surface area is 115 Å². The molecule has 0 aromatic heterocycles. The van der Waals surface area contributed by atoms with Crippen LogP contribution in [0.2, 0.25) is 0 Å². The summed E-state index contributed by atoms with van der Waals surface area (Å²) in [5, 5.41) is 3.83. The highest BCUT2D eigenvalue weighted by atomic mass is 15.3. The Morgan fingerprint density at radius 1 is 1.00 bits per heavy atom. The van der Waals surface area contributed by atoms with E-state index in [9.17, 15) is 0 Å². The predicted octanol–water partition coefficient (Wildman–Crippen LogP) is 3.81. The van der Waals surface area contributed by atoms with E-state index in [1.807, 2.05) is 0 Å². The summed E-state index contributed by atoms with van der Waals surface area (Å²) in [4.78, 5) is 2.84. The lowest BCUT2D eigenvalue weighted by molar-refractivity contribution is -0.0318. The fourth-order valence-corrected chi connectivity index (χ4v) is 3.47. The van der Waals surface area contributed by atoms with Gasteiger partial charge in [0.25, 0.3) is 0 Å². The molecule has 0 aromatic carbocycles. The number of piperazine rings is 1. The van der Waals surface area contributed by atoms with Crippen LogP contribution >= 0.6 is 0 Å². The molecule has 0 bridgehead atoms. The molecule has 0 amide bonds. The van der Waals surface area contributed by atoms with E-state index in [0.717, 1.165) is 12.6 Å². The zero-order chi connectivity index (χ0) is 13.8. The minimum absolute atomic E-state index is 0.302. The maximum atomic E-state index is 3.83. The molecule has 0 radical (unpaired) electrons. The van der Waals surface area contributed by atoms with Crippen LogP contribution in [0.25, 0.3) is 0 Å². The number of hydrogen-bond donors (Lipinski definition) is 1. The summed E-state index contributed by atoms with van der Waals surface area (Å²) in [7, 11) is 0. The second-order valence-electron chi connectivity index (χ2n) is 6.30. The van der Waals surface area contributed by atoms with Crippen LogP contribution in [0.4, 0.5) is 0 Å². The van der Waals surface area contributed by atoms with Gasteiger partial charge >= 0.3 is 0 Å². The van der Waals surface area contributed by atoms with Crippen molar-refractivity contribution in [3.05, 3.63) is 0 Å². The summed E-state index contributed by atoms with van der Waals surface area (Å²) in [6.07, 6.45) is 6.28. The predicted molar refractivity (Wildman–Crippen MR) is 81.1 cm³/mol. The van der Waals surface area contributed by atoms with E-state index in [2.05, 4.69) is 51.8 Å². The van der Waals surface area contributed by atoms with Crippen LogP contribution in [0, 0.1) is 0 Å². The van der Waals surface area contributed by atoms with E-state index in [1.54, 1.807) is 0 Å². The van der Waals surface area contributed by atoms with Gasteiger partial charge in [0, 0.05) is 30.2 Å². The molecule has 1 N–H and O–H groups in total. The number of nitrogens with zero attached hydrogens (tertiary/aromatic N) is 1. The molecular weight excluding hydrogens is 220 g/mol. The lowest BCUT2D eigenvalue weighted by Gasteiger charge is -2.56. The van der Waals surface area contributed by atoms with Crippen molar-refractivity contribution in [3.8, 4) is 0 Å². The van der Waals surface area contributed by atoms with Gasteiger partial charge < -0.3 is 5.32 Å². The summed E-state index contributed by atoms with van der Waals surface area (Å²) in [5.41, 5.74) is 0.682. The Morgan fingerprint density at radius 2 is 1.56 bits per heavy atom. The Kier molecular flexibility index (Phi) is 5.67. The van der Waals surface area contributed by atoms with Crippen molar-refractivity contribution in [2.45, 2.75) is 90.8 Å². The first-order valence-electron chi connectivity index (χ1n) is 8.02. The van der Waals surface area contributed by atoms with E-state index in [0.29, 0.717) is 11.1 Å². The second-order valence-corrected chi connectivity index (χ2v) is 6.30. The van der Waals surface area contributed by atoms with Gasteiger partial charge in [0.2, 0.25) is 0 Å². The number of hydrogen-bond acceptors (Lipinski definition) is 2. The molecule has 108 valence electrons. The van der Waals surface area contributed by atoms with E-state index in [-0.39, 0.29) is 0 Å². The van der Waals surface area contributed by atoms with Crippen LogP contribution in [0.3, 0.4) is 0 Å². The van der Waals surface area contributed by atoms with Crippen molar-refractivity contribution in [1.82, 2.24) is 10.2 Å². The largest absolute Gasteiger partial charge is 0.308 e. The molecule has 1 aliphatic rings. The zero-order valence-corrected chi connectivity index (χ0v) is 13.5. The molecule has 0 spiro atoms. The highest BCUT2D eigenvalue weighted by Crippen LogP contribution is 2.34. The van der Waals surface area contributed by atoms with Crippen LogP contribution in [-0.4, -0.2) is 35.1 Å². The molecule has 2 nitrogen and oxygen atoms in total. The first-order valence-corrected chi connectivity index (χ1v) is 8.02. The van der Waals surface area contributed by atoms with E-state index in [4.69, 9.17) is 0 Å². The second kappa shape index (κ2) is 6.38. The molecule has 0 aromatic rings. The van der Waals surface area contributed by atoms with Gasteiger partial charge in [0.1, 0.15) is 0 Å². The third-order valence-corrected chi connectivity index (χ3v) is 5.45. The van der Waals surface area contributed by atoms with Crippen LogP contribution in [0.5, 0.6) is 0 Å². The van der Waals surface area contributed by atoms with Gasteiger partial charge in [0.05, 0.1) is 0 Å². The maximum absolute atomic E-state index is 3.83. The lowest BCUT2D eigenvalue weighted by Crippen LogP contribution is -2.70. The molecule has 2 heteroatoms. The zero-order valence-electron chi connectivity index (χ0n) is 13.5. The topological polar surface area (TPSA) is 15.3 Å². The van der Waals surface area contributed by atoms with Crippen molar-refractivity contribution >= 4 is 0 Å². The van der Waals surface area contributed by atoms with Crippen molar-refractivity contribution in [3.63, 3.8) is 0 Å². The summed E-state index contributed by atoms with van der Waals surface area (Å²) in [5.74, 6) is 0. The van der Waals surface area contributed by atoms with Gasteiger partial charge in [-0.2, -0.15) is 0 Å². The molecule has 1 atom stereocenters. The quantitative estimate of drug-likeness (QED) is 0.775. The molecular formula is C16H34N2. The van der Waals surface area contributed by atoms with Crippen LogP contribution < -0.4 is 5.32 Å². The molecule has 1 aliphatic heterocycles. The van der Waals surface area contributed by atoms with Crippen LogP contribution in [-0.2, 0) is 0 Å². The molecule has 0 aliphatic carbocycles. The standard InChI is InChI=1S/C16H34N2/c1-7-14(8-2)18-13-15(6,9-3)17-12-16(18,10-4)11-5/h14,17H,7-13H2,1-6H3. The van der Waals surface area contributed by atoms with E-state index >= 15 is 0 Å². The fraction of sp³-hybridized carbons (Fsp3) is 1.00. The Bertz CT molecular complexity index is 243. The molecule has 1 unspecified atom stereocenters. The third-order valence-electron chi connectivity index (χ3n) is 5.45. The van der Waals surface area contributed by atoms with Crippen molar-refractivity contribution < 1.29 is 0 Å². The molecule has 1 saturated heterocycles. The van der Waals surface area contributed by atoms with Crippen molar-refractivity contribution in [2.24, 2.45) is 0 Å². The normalized spacial score (nSPS) is 28.8. The summed E-state index contributed by atoms with van der Waals surface area (Å²) in [6, 6.07) is 0.748. The maximum Gasteiger partial charge on any atom is 0.0332 e. The van der Waals surface area contributed by atoms with Crippen LogP contribution in [0.1, 0.15) is 73.6 Å². The van der Waals surface area contributed by atoms with Gasteiger partial charge in [-0.3, -0.25) is 4.90 Å². The summed E-state index contributed by atoms with van der Waals surface area (Å²) >= 11 is 0. The Balaban J connectivity index is 2.99. The van der Waals surface area contributed by atoms with E-state index in [1.165, 1.54) is 38.6 Å². The van der Waals surface area contributed by atoms with Gasteiger partial charge in [-0.25, -0.2) is 0 Å². The minimum Gasteiger partial charge on any atom is -0.308 e. The smallest absolute Gasteiger partial charge is 0.0332 e. The molecule has 1 heterocycles. The van der Waals surface area contributed by atoms with Crippen LogP contribution in [0.15, 0.2) is 0 Å². The average Bonchev–Trinajstić information content (AvgIpc) is 2.41. The monoisotopic (exact) mass is 254 g/mol. The summed E-state index contributed by atoms with van der Waals surface area (Å²) in [6.45, 7) is 16.5. The van der Waals surface area contributed by atoms with E-state index < -0.39 is 0 Å². The Morgan fingerprint density at radius 3 is 1.94 bits per heavy atom. The van der Waals surface area contributed by atoms with Gasteiger partial charge in [-0.15, -0.1) is 0 Å². The number of nitrogens with one attached hydrogen (secondary N) is 1. The third kappa shape index (κ3) is 2.91. The molecule has 1 rings (SSSR count).